The summed E-state index contributed by atoms with van der Waals surface area (Å²) < 4.78 is 0. The first-order valence-electron chi connectivity index (χ1n) is 3.30. The van der Waals surface area contributed by atoms with Gasteiger partial charge in [0.15, 0.2) is 0 Å². The van der Waals surface area contributed by atoms with E-state index >= 15 is 0 Å². The number of ketones is 2. The fourth-order valence-corrected chi connectivity index (χ4v) is 0.544. The first kappa shape index (κ1) is 14.5. The molecule has 0 saturated heterocycles. The van der Waals surface area contributed by atoms with Gasteiger partial charge in [-0.2, -0.15) is 0 Å². The van der Waals surface area contributed by atoms with Gasteiger partial charge in [0.2, 0.25) is 0 Å². The van der Waals surface area contributed by atoms with Gasteiger partial charge in [0.1, 0.15) is 0 Å². The molecule has 0 aliphatic rings. The van der Waals surface area contributed by atoms with E-state index in [2.05, 4.69) is 0 Å². The zero-order valence-electron chi connectivity index (χ0n) is 7.25. The molecule has 4 nitrogen and oxygen atoms in total. The van der Waals surface area contributed by atoms with Crippen molar-refractivity contribution >= 4 is 11.6 Å². The van der Waals surface area contributed by atoms with Crippen molar-refractivity contribution < 1.29 is 36.9 Å². The van der Waals surface area contributed by atoms with Crippen LogP contribution in [0.2, 0.25) is 0 Å². The zero-order chi connectivity index (χ0) is 9.72. The molecule has 0 fully saturated rings. The van der Waals surface area contributed by atoms with Gasteiger partial charge in [-0.3, -0.25) is 9.59 Å². The van der Waals surface area contributed by atoms with E-state index in [-0.39, 0.29) is 28.6 Å². The van der Waals surface area contributed by atoms with Crippen molar-refractivity contribution in [2.24, 2.45) is 0 Å². The summed E-state index contributed by atoms with van der Waals surface area (Å²) in [6.07, 6.45) is 1.93. The number of hydrogen-bond acceptors (Lipinski definition) is 2. The van der Waals surface area contributed by atoms with E-state index in [1.54, 1.807) is 0 Å². The molecule has 13 heavy (non-hydrogen) atoms. The van der Waals surface area contributed by atoms with Crippen LogP contribution >= 0.6 is 0 Å². The van der Waals surface area contributed by atoms with Gasteiger partial charge in [-0.1, -0.05) is 0 Å². The van der Waals surface area contributed by atoms with Crippen molar-refractivity contribution in [3.8, 4) is 0 Å². The van der Waals surface area contributed by atoms with Gasteiger partial charge in [-0.15, -0.1) is 0 Å². The second-order valence-electron chi connectivity index (χ2n) is 2.34. The van der Waals surface area contributed by atoms with Gasteiger partial charge in [0.05, 0.1) is 23.7 Å². The third-order valence-electron chi connectivity index (χ3n) is 0.954. The Morgan fingerprint density at radius 3 is 1.31 bits per heavy atom. The summed E-state index contributed by atoms with van der Waals surface area (Å²) in [4.78, 5) is 17.9. The number of aliphatic hydroxyl groups is 2. The summed E-state index contributed by atoms with van der Waals surface area (Å²) in [6, 6.07) is 0. The van der Waals surface area contributed by atoms with E-state index in [9.17, 15) is 0 Å². The molecule has 0 unspecified atom stereocenters. The minimum Gasteiger partial charge on any atom is -0.512 e. The SMILES string of the molecule is C/C(O)=C/C(=[OH+])C(=[OH+])/C=C(/C)O.[Cu+2]. The standard InChI is InChI=1S/C8H10O4.Cu/c1-5(9)3-7(11)8(12)4-6(2)10;/h3-4,9-10H,1-2H3;/q;+2/p+2/b5-3-,6-4-;. The summed E-state index contributed by atoms with van der Waals surface area (Å²) >= 11 is 0. The summed E-state index contributed by atoms with van der Waals surface area (Å²) in [5.41, 5.74) is 0. The van der Waals surface area contributed by atoms with Gasteiger partial charge in [0, 0.05) is 0 Å². The van der Waals surface area contributed by atoms with Gasteiger partial charge >= 0.3 is 28.6 Å². The maximum atomic E-state index is 8.97. The molecule has 5 heteroatoms. The zero-order valence-corrected chi connectivity index (χ0v) is 8.19. The fraction of sp³-hybridized carbons (Fsp3) is 0.250. The van der Waals surface area contributed by atoms with Crippen LogP contribution in [0.3, 0.4) is 0 Å². The van der Waals surface area contributed by atoms with Crippen molar-refractivity contribution in [2.45, 2.75) is 13.8 Å². The Kier molecular flexibility index (Phi) is 7.18. The maximum absolute atomic E-state index is 8.97. The number of allylic oxidation sites excluding steroid dienone is 4. The smallest absolute Gasteiger partial charge is 0.512 e. The second-order valence-corrected chi connectivity index (χ2v) is 2.34. The molecular formula is C8H12CuO4+4. The quantitative estimate of drug-likeness (QED) is 0.252. The molecule has 0 rings (SSSR count). The van der Waals surface area contributed by atoms with E-state index in [1.165, 1.54) is 13.8 Å². The molecule has 0 aromatic carbocycles. The minimum atomic E-state index is -0.497. The molecule has 0 aliphatic heterocycles. The van der Waals surface area contributed by atoms with Gasteiger partial charge in [-0.05, 0) is 13.8 Å². The molecule has 0 aromatic rings. The molecule has 0 aliphatic carbocycles. The molecule has 0 bridgehead atoms. The van der Waals surface area contributed by atoms with Crippen LogP contribution in [0, 0.1) is 0 Å². The van der Waals surface area contributed by atoms with Crippen molar-refractivity contribution in [3.63, 3.8) is 0 Å². The molecular weight excluding hydrogens is 224 g/mol. The molecule has 4 N–H and O–H groups in total. The average Bonchev–Trinajstić information content (AvgIpc) is 1.84. The van der Waals surface area contributed by atoms with Gasteiger partial charge in [0.25, 0.3) is 0 Å². The van der Waals surface area contributed by atoms with Crippen LogP contribution in [0.15, 0.2) is 23.7 Å². The number of carbonyl (C=O) groups excluding carboxylic acids is 2. The molecule has 0 spiro atoms. The third-order valence-corrected chi connectivity index (χ3v) is 0.954. The van der Waals surface area contributed by atoms with E-state index in [0.717, 1.165) is 12.2 Å². The number of hydrogen-bond donors (Lipinski definition) is 2. The van der Waals surface area contributed by atoms with E-state index < -0.39 is 11.6 Å². The molecule has 0 aromatic heterocycles. The topological polar surface area (TPSA) is 83.3 Å². The van der Waals surface area contributed by atoms with Gasteiger partial charge < -0.3 is 10.2 Å². The third kappa shape index (κ3) is 7.31. The van der Waals surface area contributed by atoms with Crippen LogP contribution in [-0.2, 0) is 17.1 Å². The molecule has 0 saturated carbocycles. The Morgan fingerprint density at radius 2 is 1.15 bits per heavy atom. The van der Waals surface area contributed by atoms with Crippen LogP contribution in [0.1, 0.15) is 13.8 Å². The first-order valence-corrected chi connectivity index (χ1v) is 3.30. The Labute approximate surface area is 86.4 Å². The molecule has 0 heterocycles. The summed E-state index contributed by atoms with van der Waals surface area (Å²) in [5.74, 6) is -1.27. The maximum Gasteiger partial charge on any atom is 2.00 e. The van der Waals surface area contributed by atoms with E-state index in [4.69, 9.17) is 19.8 Å². The second kappa shape index (κ2) is 6.45. The number of rotatable bonds is 3. The average molecular weight is 236 g/mol. The molecule has 1 radical (unpaired) electrons. The monoisotopic (exact) mass is 235 g/mol. The predicted molar refractivity (Wildman–Crippen MR) is 46.7 cm³/mol. The molecule has 0 amide bonds. The Morgan fingerprint density at radius 1 is 0.923 bits per heavy atom. The summed E-state index contributed by atoms with van der Waals surface area (Å²) in [7, 11) is 0. The normalized spacial score (nSPS) is 11.8. The van der Waals surface area contributed by atoms with E-state index in [1.807, 2.05) is 0 Å². The van der Waals surface area contributed by atoms with Crippen molar-refractivity contribution in [3.05, 3.63) is 23.7 Å². The number of aliphatic hydroxyl groups excluding tert-OH is 2. The Bertz CT molecular complexity index is 229. The Hall–Kier alpha value is -1.06. The van der Waals surface area contributed by atoms with Crippen LogP contribution in [0.25, 0.3) is 0 Å². The largest absolute Gasteiger partial charge is 2.00 e. The molecule has 0 atom stereocenters. The van der Waals surface area contributed by atoms with Crippen LogP contribution in [-0.4, -0.2) is 31.4 Å². The van der Waals surface area contributed by atoms with Crippen LogP contribution < -0.4 is 0 Å². The van der Waals surface area contributed by atoms with Gasteiger partial charge in [-0.25, -0.2) is 0 Å². The molecule has 75 valence electrons. The van der Waals surface area contributed by atoms with Crippen molar-refractivity contribution in [1.29, 1.82) is 0 Å². The fourth-order valence-electron chi connectivity index (χ4n) is 0.544. The first-order chi connectivity index (χ1) is 5.43. The summed E-state index contributed by atoms with van der Waals surface area (Å²) in [6.45, 7) is 2.69. The van der Waals surface area contributed by atoms with Crippen LogP contribution in [0.5, 0.6) is 0 Å². The van der Waals surface area contributed by atoms with Crippen LogP contribution in [0.4, 0.5) is 0 Å². The summed E-state index contributed by atoms with van der Waals surface area (Å²) in [5, 5.41) is 17.4. The predicted octanol–water partition coefficient (Wildman–Crippen LogP) is 0.997. The van der Waals surface area contributed by atoms with Crippen molar-refractivity contribution in [2.75, 3.05) is 0 Å². The Balaban J connectivity index is 0. The minimum absolute atomic E-state index is 0. The van der Waals surface area contributed by atoms with E-state index in [0.29, 0.717) is 0 Å². The van der Waals surface area contributed by atoms with Crippen molar-refractivity contribution in [1.82, 2.24) is 0 Å².